The minimum absolute atomic E-state index is 0.105. The lowest BCUT2D eigenvalue weighted by atomic mass is 10.1. The second-order valence-corrected chi connectivity index (χ2v) is 6.27. The molecule has 0 spiro atoms. The predicted molar refractivity (Wildman–Crippen MR) is 89.5 cm³/mol. The van der Waals surface area contributed by atoms with Crippen LogP contribution in [-0.4, -0.2) is 52.7 Å². The summed E-state index contributed by atoms with van der Waals surface area (Å²) in [6, 6.07) is 3.81. The highest BCUT2D eigenvalue weighted by molar-refractivity contribution is 8.00. The molecule has 1 N–H and O–H groups in total. The summed E-state index contributed by atoms with van der Waals surface area (Å²) in [5.74, 6) is 0.160. The third-order valence-corrected chi connectivity index (χ3v) is 4.81. The van der Waals surface area contributed by atoms with E-state index in [1.165, 1.54) is 11.8 Å². The zero-order valence-electron chi connectivity index (χ0n) is 13.4. The second kappa shape index (κ2) is 8.31. The van der Waals surface area contributed by atoms with Crippen LogP contribution in [0.5, 0.6) is 0 Å². The largest absolute Gasteiger partial charge is 0.466 e. The molecule has 7 heteroatoms. The summed E-state index contributed by atoms with van der Waals surface area (Å²) >= 11 is 1.29. The van der Waals surface area contributed by atoms with Crippen molar-refractivity contribution in [3.8, 4) is 0 Å². The standard InChI is InChI=1S/C16H22N2O4S/c1-3-22-13(20)7-6-12(19)14(23-2)16(21)18-10-8-11-5-4-9-17-15(11)18/h4-5,9,12,14,19H,3,6-8,10H2,1-2H3/t12-,14+/m0/s1. The number of fused-ring (bicyclic) bond motifs is 1. The Balaban J connectivity index is 2.00. The van der Waals surface area contributed by atoms with E-state index in [1.54, 1.807) is 24.3 Å². The maximum atomic E-state index is 12.7. The zero-order valence-corrected chi connectivity index (χ0v) is 14.2. The molecule has 2 rings (SSSR count). The monoisotopic (exact) mass is 338 g/mol. The van der Waals surface area contributed by atoms with E-state index in [-0.39, 0.29) is 24.7 Å². The topological polar surface area (TPSA) is 79.7 Å². The van der Waals surface area contributed by atoms with Crippen LogP contribution in [0.1, 0.15) is 25.3 Å². The van der Waals surface area contributed by atoms with Crippen LogP contribution in [0.15, 0.2) is 18.3 Å². The van der Waals surface area contributed by atoms with E-state index in [1.807, 2.05) is 12.1 Å². The molecule has 1 aromatic heterocycles. The van der Waals surface area contributed by atoms with Crippen LogP contribution in [0.4, 0.5) is 5.82 Å². The molecule has 0 saturated heterocycles. The molecule has 1 amide bonds. The number of aliphatic hydroxyl groups excluding tert-OH is 1. The number of aromatic nitrogens is 1. The Morgan fingerprint density at radius 2 is 2.30 bits per heavy atom. The number of amides is 1. The SMILES string of the molecule is CCOC(=O)CC[C@H](O)[C@@H](SC)C(=O)N1CCc2cccnc21. The minimum atomic E-state index is -0.894. The number of esters is 1. The summed E-state index contributed by atoms with van der Waals surface area (Å²) in [5.41, 5.74) is 1.04. The van der Waals surface area contributed by atoms with Crippen molar-refractivity contribution >= 4 is 29.5 Å². The molecular weight excluding hydrogens is 316 g/mol. The van der Waals surface area contributed by atoms with Gasteiger partial charge in [-0.1, -0.05) is 6.07 Å². The number of anilines is 1. The Morgan fingerprint density at radius 1 is 1.52 bits per heavy atom. The molecule has 0 bridgehead atoms. The number of carbonyl (C=O) groups excluding carboxylic acids is 2. The van der Waals surface area contributed by atoms with Crippen LogP contribution < -0.4 is 4.90 Å². The highest BCUT2D eigenvalue weighted by Crippen LogP contribution is 2.28. The molecule has 23 heavy (non-hydrogen) atoms. The molecule has 1 aliphatic heterocycles. The van der Waals surface area contributed by atoms with Gasteiger partial charge in [-0.25, -0.2) is 4.98 Å². The van der Waals surface area contributed by atoms with Crippen molar-refractivity contribution in [1.82, 2.24) is 4.98 Å². The fourth-order valence-electron chi connectivity index (χ4n) is 2.65. The number of hydrogen-bond donors (Lipinski definition) is 1. The first-order valence-electron chi connectivity index (χ1n) is 7.70. The van der Waals surface area contributed by atoms with Crippen LogP contribution in [0.25, 0.3) is 0 Å². The highest BCUT2D eigenvalue weighted by atomic mass is 32.2. The number of hydrogen-bond acceptors (Lipinski definition) is 6. The number of ether oxygens (including phenoxy) is 1. The quantitative estimate of drug-likeness (QED) is 0.757. The number of aliphatic hydroxyl groups is 1. The third-order valence-electron chi connectivity index (χ3n) is 3.79. The lowest BCUT2D eigenvalue weighted by Gasteiger charge is -2.25. The lowest BCUT2D eigenvalue weighted by molar-refractivity contribution is -0.144. The average molecular weight is 338 g/mol. The predicted octanol–water partition coefficient (Wildman–Crippen LogP) is 1.41. The van der Waals surface area contributed by atoms with Crippen LogP contribution in [0.3, 0.4) is 0 Å². The molecule has 6 nitrogen and oxygen atoms in total. The number of pyridine rings is 1. The van der Waals surface area contributed by atoms with Crippen LogP contribution in [0.2, 0.25) is 0 Å². The molecule has 0 unspecified atom stereocenters. The first-order chi connectivity index (χ1) is 11.1. The van der Waals surface area contributed by atoms with Crippen molar-refractivity contribution in [3.05, 3.63) is 23.9 Å². The molecule has 0 aliphatic carbocycles. The summed E-state index contributed by atoms with van der Waals surface area (Å²) in [6.07, 6.45) is 3.64. The van der Waals surface area contributed by atoms with Gasteiger partial charge in [0, 0.05) is 19.2 Å². The third kappa shape index (κ3) is 4.23. The molecule has 1 aliphatic rings. The number of rotatable bonds is 7. The summed E-state index contributed by atoms with van der Waals surface area (Å²) in [5, 5.41) is 9.69. The first-order valence-corrected chi connectivity index (χ1v) is 8.99. The van der Waals surface area contributed by atoms with Gasteiger partial charge in [0.05, 0.1) is 12.7 Å². The Bertz CT molecular complexity index is 567. The van der Waals surface area contributed by atoms with Gasteiger partial charge in [0.15, 0.2) is 0 Å². The van der Waals surface area contributed by atoms with Crippen molar-refractivity contribution < 1.29 is 19.4 Å². The van der Waals surface area contributed by atoms with Crippen molar-refractivity contribution in [1.29, 1.82) is 0 Å². The number of carbonyl (C=O) groups is 2. The maximum absolute atomic E-state index is 12.7. The van der Waals surface area contributed by atoms with Crippen LogP contribution >= 0.6 is 11.8 Å². The van der Waals surface area contributed by atoms with E-state index in [0.717, 1.165) is 12.0 Å². The van der Waals surface area contributed by atoms with Gasteiger partial charge < -0.3 is 9.84 Å². The molecule has 2 atom stereocenters. The zero-order chi connectivity index (χ0) is 16.8. The molecule has 0 aromatic carbocycles. The van der Waals surface area contributed by atoms with E-state index in [9.17, 15) is 14.7 Å². The molecule has 0 radical (unpaired) electrons. The van der Waals surface area contributed by atoms with E-state index in [4.69, 9.17) is 4.74 Å². The van der Waals surface area contributed by atoms with Crippen molar-refractivity contribution in [2.75, 3.05) is 24.3 Å². The normalized spacial score (nSPS) is 15.9. The Morgan fingerprint density at radius 3 is 3.00 bits per heavy atom. The molecular formula is C16H22N2O4S. The number of thioether (sulfide) groups is 1. The van der Waals surface area contributed by atoms with E-state index < -0.39 is 11.4 Å². The number of nitrogens with zero attached hydrogens (tertiary/aromatic N) is 2. The molecule has 2 heterocycles. The Kier molecular flexibility index (Phi) is 6.41. The van der Waals surface area contributed by atoms with Gasteiger partial charge in [-0.15, -0.1) is 11.8 Å². The summed E-state index contributed by atoms with van der Waals surface area (Å²) in [6.45, 7) is 2.63. The van der Waals surface area contributed by atoms with Crippen molar-refractivity contribution in [3.63, 3.8) is 0 Å². The minimum Gasteiger partial charge on any atom is -0.466 e. The smallest absolute Gasteiger partial charge is 0.305 e. The summed E-state index contributed by atoms with van der Waals surface area (Å²) < 4.78 is 4.85. The summed E-state index contributed by atoms with van der Waals surface area (Å²) in [4.78, 5) is 30.0. The van der Waals surface area contributed by atoms with E-state index in [2.05, 4.69) is 4.98 Å². The van der Waals surface area contributed by atoms with Crippen LogP contribution in [0, 0.1) is 0 Å². The van der Waals surface area contributed by atoms with E-state index in [0.29, 0.717) is 19.0 Å². The van der Waals surface area contributed by atoms with Gasteiger partial charge in [-0.3, -0.25) is 14.5 Å². The Hall–Kier alpha value is -1.60. The fraction of sp³-hybridized carbons (Fsp3) is 0.562. The van der Waals surface area contributed by atoms with Gasteiger partial charge in [-0.05, 0) is 37.7 Å². The van der Waals surface area contributed by atoms with Gasteiger partial charge in [0.25, 0.3) is 0 Å². The van der Waals surface area contributed by atoms with E-state index >= 15 is 0 Å². The maximum Gasteiger partial charge on any atom is 0.305 e. The Labute approximate surface area is 140 Å². The highest BCUT2D eigenvalue weighted by Gasteiger charge is 2.34. The van der Waals surface area contributed by atoms with Crippen LogP contribution in [-0.2, 0) is 20.7 Å². The van der Waals surface area contributed by atoms with Gasteiger partial charge in [0.1, 0.15) is 11.1 Å². The van der Waals surface area contributed by atoms with Crippen molar-refractivity contribution in [2.45, 2.75) is 37.5 Å². The van der Waals surface area contributed by atoms with Crippen molar-refractivity contribution in [2.24, 2.45) is 0 Å². The molecule has 126 valence electrons. The lowest BCUT2D eigenvalue weighted by Crippen LogP contribution is -2.43. The van der Waals surface area contributed by atoms with Gasteiger partial charge >= 0.3 is 5.97 Å². The average Bonchev–Trinajstić information content (AvgIpc) is 2.98. The van der Waals surface area contributed by atoms with Gasteiger partial charge in [-0.2, -0.15) is 0 Å². The molecule has 0 saturated carbocycles. The fourth-order valence-corrected chi connectivity index (χ4v) is 3.43. The second-order valence-electron chi connectivity index (χ2n) is 5.29. The first kappa shape index (κ1) is 17.7. The molecule has 1 aromatic rings. The van der Waals surface area contributed by atoms with Gasteiger partial charge in [0.2, 0.25) is 5.91 Å². The summed E-state index contributed by atoms with van der Waals surface area (Å²) in [7, 11) is 0. The molecule has 0 fully saturated rings.